The Morgan fingerprint density at radius 1 is 1.25 bits per heavy atom. The molecule has 1 saturated heterocycles. The van der Waals surface area contributed by atoms with Crippen molar-refractivity contribution in [2.45, 2.75) is 5.92 Å². The van der Waals surface area contributed by atoms with Crippen molar-refractivity contribution in [2.75, 3.05) is 18.9 Å². The molecule has 0 saturated carbocycles. The van der Waals surface area contributed by atoms with Gasteiger partial charge in [-0.05, 0) is 5.56 Å². The van der Waals surface area contributed by atoms with E-state index in [1.165, 1.54) is 5.56 Å². The molecule has 1 aliphatic heterocycles. The van der Waals surface area contributed by atoms with Crippen molar-refractivity contribution in [3.05, 3.63) is 35.9 Å². The van der Waals surface area contributed by atoms with Crippen molar-refractivity contribution < 1.29 is 9.26 Å². The van der Waals surface area contributed by atoms with Crippen molar-refractivity contribution in [1.29, 1.82) is 0 Å². The first kappa shape index (κ1) is 9.42. The number of nitrogen functional groups attached to an aromatic ring is 1. The fraction of sp³-hybridized carbons (Fsp3) is 0.250. The molecule has 3 rings (SSSR count). The molecule has 0 aliphatic carbocycles. The molecule has 0 bridgehead atoms. The zero-order valence-corrected chi connectivity index (χ0v) is 8.72. The first-order chi connectivity index (χ1) is 7.84. The van der Waals surface area contributed by atoms with Crippen LogP contribution in [0.2, 0.25) is 0 Å². The number of hydrogen-bond donors (Lipinski definition) is 1. The van der Waals surface area contributed by atoms with E-state index in [2.05, 4.69) is 11.2 Å². The molecule has 2 heterocycles. The van der Waals surface area contributed by atoms with E-state index in [1.807, 2.05) is 18.2 Å². The summed E-state index contributed by atoms with van der Waals surface area (Å²) >= 11 is 0. The summed E-state index contributed by atoms with van der Waals surface area (Å²) in [6.45, 7) is 1.56. The van der Waals surface area contributed by atoms with Crippen LogP contribution in [-0.2, 0) is 4.74 Å². The molecule has 0 spiro atoms. The highest BCUT2D eigenvalue weighted by atomic mass is 16.5. The van der Waals surface area contributed by atoms with E-state index in [1.54, 1.807) is 6.07 Å². The Labute approximate surface area is 93.0 Å². The Balaban J connectivity index is 2.05. The standard InChI is InChI=1S/C12H12N2O2/c13-12-5-11(14-16-12)10-4-2-1-3-9(10)8-6-15-7-8/h1-5,8H,6-7,13H2. The van der Waals surface area contributed by atoms with Gasteiger partial charge in [-0.15, -0.1) is 0 Å². The summed E-state index contributed by atoms with van der Waals surface area (Å²) in [6.07, 6.45) is 0. The Hall–Kier alpha value is -1.81. The van der Waals surface area contributed by atoms with E-state index >= 15 is 0 Å². The van der Waals surface area contributed by atoms with Crippen LogP contribution in [0.15, 0.2) is 34.9 Å². The number of ether oxygens (including phenoxy) is 1. The number of benzene rings is 1. The monoisotopic (exact) mass is 216 g/mol. The summed E-state index contributed by atoms with van der Waals surface area (Å²) in [5.41, 5.74) is 8.66. The Morgan fingerprint density at radius 3 is 2.69 bits per heavy atom. The highest BCUT2D eigenvalue weighted by Gasteiger charge is 2.24. The van der Waals surface area contributed by atoms with Gasteiger partial charge in [0.15, 0.2) is 0 Å². The smallest absolute Gasteiger partial charge is 0.222 e. The van der Waals surface area contributed by atoms with Gasteiger partial charge in [-0.3, -0.25) is 0 Å². The fourth-order valence-electron chi connectivity index (χ4n) is 1.92. The Morgan fingerprint density at radius 2 is 2.06 bits per heavy atom. The molecule has 1 aliphatic rings. The number of nitrogens with zero attached hydrogens (tertiary/aromatic N) is 1. The van der Waals surface area contributed by atoms with Crippen LogP contribution in [0.3, 0.4) is 0 Å². The third kappa shape index (κ3) is 1.47. The fourth-order valence-corrected chi connectivity index (χ4v) is 1.92. The van der Waals surface area contributed by atoms with Crippen LogP contribution in [0.5, 0.6) is 0 Å². The Kier molecular flexibility index (Phi) is 2.15. The van der Waals surface area contributed by atoms with Crippen LogP contribution in [0.25, 0.3) is 11.3 Å². The van der Waals surface area contributed by atoms with Crippen LogP contribution in [0.4, 0.5) is 5.88 Å². The molecule has 0 atom stereocenters. The second kappa shape index (κ2) is 3.64. The molecule has 0 unspecified atom stereocenters. The molecular weight excluding hydrogens is 204 g/mol. The van der Waals surface area contributed by atoms with Gasteiger partial charge in [-0.25, -0.2) is 0 Å². The lowest BCUT2D eigenvalue weighted by Gasteiger charge is -2.27. The van der Waals surface area contributed by atoms with E-state index in [9.17, 15) is 0 Å². The van der Waals surface area contributed by atoms with Gasteiger partial charge in [0.1, 0.15) is 5.69 Å². The summed E-state index contributed by atoms with van der Waals surface area (Å²) in [7, 11) is 0. The molecule has 1 aromatic carbocycles. The van der Waals surface area contributed by atoms with Gasteiger partial charge in [0.25, 0.3) is 0 Å². The maximum atomic E-state index is 5.53. The minimum Gasteiger partial charge on any atom is -0.380 e. The maximum Gasteiger partial charge on any atom is 0.222 e. The molecular formula is C12H12N2O2. The third-order valence-electron chi connectivity index (χ3n) is 2.84. The first-order valence-electron chi connectivity index (χ1n) is 5.24. The minimum absolute atomic E-state index is 0.342. The molecule has 82 valence electrons. The van der Waals surface area contributed by atoms with Crippen LogP contribution in [-0.4, -0.2) is 18.4 Å². The van der Waals surface area contributed by atoms with Crippen molar-refractivity contribution in [3.63, 3.8) is 0 Å². The predicted octanol–water partition coefficient (Wildman–Crippen LogP) is 2.04. The van der Waals surface area contributed by atoms with Crippen LogP contribution in [0.1, 0.15) is 11.5 Å². The summed E-state index contributed by atoms with van der Waals surface area (Å²) in [5, 5.41) is 3.95. The van der Waals surface area contributed by atoms with Gasteiger partial charge < -0.3 is 15.0 Å². The lowest BCUT2D eigenvalue weighted by Crippen LogP contribution is -2.25. The molecule has 2 aromatic rings. The molecule has 0 radical (unpaired) electrons. The maximum absolute atomic E-state index is 5.53. The number of nitrogens with two attached hydrogens (primary N) is 1. The van der Waals surface area contributed by atoms with Gasteiger partial charge >= 0.3 is 0 Å². The average Bonchev–Trinajstić information content (AvgIpc) is 2.63. The van der Waals surface area contributed by atoms with E-state index in [-0.39, 0.29) is 0 Å². The number of rotatable bonds is 2. The lowest BCUT2D eigenvalue weighted by atomic mass is 9.91. The van der Waals surface area contributed by atoms with Gasteiger partial charge in [-0.2, -0.15) is 0 Å². The van der Waals surface area contributed by atoms with Crippen molar-refractivity contribution in [3.8, 4) is 11.3 Å². The molecule has 2 N–H and O–H groups in total. The second-order valence-electron chi connectivity index (χ2n) is 3.94. The quantitative estimate of drug-likeness (QED) is 0.834. The van der Waals surface area contributed by atoms with Crippen LogP contribution in [0, 0.1) is 0 Å². The Bertz CT molecular complexity index is 503. The average molecular weight is 216 g/mol. The van der Waals surface area contributed by atoms with Crippen LogP contribution >= 0.6 is 0 Å². The van der Waals surface area contributed by atoms with Crippen molar-refractivity contribution in [1.82, 2.24) is 5.16 Å². The summed E-state index contributed by atoms with van der Waals surface area (Å²) in [5.74, 6) is 0.809. The molecule has 1 aromatic heterocycles. The van der Waals surface area contributed by atoms with E-state index < -0.39 is 0 Å². The van der Waals surface area contributed by atoms with E-state index in [0.717, 1.165) is 24.5 Å². The first-order valence-corrected chi connectivity index (χ1v) is 5.24. The van der Waals surface area contributed by atoms with Gasteiger partial charge in [0.05, 0.1) is 13.2 Å². The molecule has 4 nitrogen and oxygen atoms in total. The number of anilines is 1. The van der Waals surface area contributed by atoms with Crippen LogP contribution < -0.4 is 5.73 Å². The molecule has 4 heteroatoms. The van der Waals surface area contributed by atoms with Crippen molar-refractivity contribution in [2.24, 2.45) is 0 Å². The highest BCUT2D eigenvalue weighted by Crippen LogP contribution is 2.33. The normalized spacial score (nSPS) is 16.0. The molecule has 16 heavy (non-hydrogen) atoms. The third-order valence-corrected chi connectivity index (χ3v) is 2.84. The molecule has 1 fully saturated rings. The number of aromatic nitrogens is 1. The topological polar surface area (TPSA) is 61.3 Å². The van der Waals surface area contributed by atoms with E-state index in [0.29, 0.717) is 11.8 Å². The van der Waals surface area contributed by atoms with Gasteiger partial charge in [0.2, 0.25) is 5.88 Å². The largest absolute Gasteiger partial charge is 0.380 e. The lowest BCUT2D eigenvalue weighted by molar-refractivity contribution is 0.00863. The van der Waals surface area contributed by atoms with Crippen molar-refractivity contribution >= 4 is 5.88 Å². The van der Waals surface area contributed by atoms with E-state index in [4.69, 9.17) is 15.0 Å². The zero-order chi connectivity index (χ0) is 11.0. The summed E-state index contributed by atoms with van der Waals surface area (Å²) in [6, 6.07) is 9.90. The minimum atomic E-state index is 0.342. The zero-order valence-electron chi connectivity index (χ0n) is 8.72. The van der Waals surface area contributed by atoms with Gasteiger partial charge in [-0.1, -0.05) is 29.4 Å². The highest BCUT2D eigenvalue weighted by molar-refractivity contribution is 5.66. The van der Waals surface area contributed by atoms with Gasteiger partial charge in [0, 0.05) is 17.5 Å². The summed E-state index contributed by atoms with van der Waals surface area (Å²) in [4.78, 5) is 0. The molecule has 0 amide bonds. The second-order valence-corrected chi connectivity index (χ2v) is 3.94. The number of hydrogen-bond acceptors (Lipinski definition) is 4. The summed E-state index contributed by atoms with van der Waals surface area (Å²) < 4.78 is 10.1. The SMILES string of the molecule is Nc1cc(-c2ccccc2C2COC2)no1. The predicted molar refractivity (Wildman–Crippen MR) is 59.9 cm³/mol.